The second-order valence-electron chi connectivity index (χ2n) is 7.59. The van der Waals surface area contributed by atoms with Gasteiger partial charge in [0.2, 0.25) is 0 Å². The highest BCUT2D eigenvalue weighted by Crippen LogP contribution is 2.31. The van der Waals surface area contributed by atoms with E-state index < -0.39 is 0 Å². The van der Waals surface area contributed by atoms with Crippen LogP contribution in [-0.4, -0.2) is 50.0 Å². The third kappa shape index (κ3) is 4.12. The van der Waals surface area contributed by atoms with Crippen molar-refractivity contribution in [3.8, 4) is 5.75 Å². The van der Waals surface area contributed by atoms with E-state index in [4.69, 9.17) is 4.74 Å². The summed E-state index contributed by atoms with van der Waals surface area (Å²) in [4.78, 5) is 30.0. The molecule has 0 radical (unpaired) electrons. The van der Waals surface area contributed by atoms with Gasteiger partial charge in [0.15, 0.2) is 0 Å². The number of hydrogen-bond donors (Lipinski definition) is 1. The van der Waals surface area contributed by atoms with Crippen molar-refractivity contribution in [1.29, 1.82) is 0 Å². The second-order valence-corrected chi connectivity index (χ2v) is 7.59. The maximum atomic E-state index is 13.1. The molecule has 1 N–H and O–H groups in total. The molecule has 0 atom stereocenters. The Morgan fingerprint density at radius 3 is 2.59 bits per heavy atom. The summed E-state index contributed by atoms with van der Waals surface area (Å²) in [6.07, 6.45) is 3.47. The van der Waals surface area contributed by atoms with Gasteiger partial charge in [0.25, 0.3) is 11.8 Å². The van der Waals surface area contributed by atoms with Crippen molar-refractivity contribution in [1.82, 2.24) is 10.2 Å². The topological polar surface area (TPSA) is 61.9 Å². The predicted octanol–water partition coefficient (Wildman–Crippen LogP) is 3.07. The fraction of sp³-hybridized carbons (Fsp3) is 0.391. The summed E-state index contributed by atoms with van der Waals surface area (Å²) < 4.78 is 5.19. The van der Waals surface area contributed by atoms with Crippen molar-refractivity contribution in [2.24, 2.45) is 0 Å². The maximum absolute atomic E-state index is 13.1. The first-order chi connectivity index (χ1) is 14.2. The van der Waals surface area contributed by atoms with E-state index in [1.165, 1.54) is 12.8 Å². The fourth-order valence-corrected chi connectivity index (χ4v) is 4.13. The van der Waals surface area contributed by atoms with Gasteiger partial charge in [-0.15, -0.1) is 0 Å². The number of nitrogens with zero attached hydrogens (tertiary/aromatic N) is 2. The van der Waals surface area contributed by atoms with E-state index >= 15 is 0 Å². The lowest BCUT2D eigenvalue weighted by atomic mass is 10.0. The zero-order chi connectivity index (χ0) is 20.2. The fourth-order valence-electron chi connectivity index (χ4n) is 4.13. The number of rotatable bonds is 7. The second kappa shape index (κ2) is 8.66. The Hall–Kier alpha value is -2.86. The molecule has 0 saturated carbocycles. The van der Waals surface area contributed by atoms with Gasteiger partial charge in [-0.3, -0.25) is 9.59 Å². The Labute approximate surface area is 171 Å². The van der Waals surface area contributed by atoms with E-state index in [-0.39, 0.29) is 11.8 Å². The van der Waals surface area contributed by atoms with E-state index in [9.17, 15) is 9.59 Å². The standard InChI is InChI=1S/C23H27N3O3/c1-29-19-10-8-18(9-11-19)26-16-17-6-4-7-20(21(17)23(26)28)22(27)24-12-5-15-25-13-2-3-14-25/h4,6-11H,2-3,5,12-16H2,1H3,(H,24,27). The van der Waals surface area contributed by atoms with Crippen LogP contribution < -0.4 is 15.0 Å². The van der Waals surface area contributed by atoms with E-state index in [1.54, 1.807) is 18.1 Å². The first kappa shape index (κ1) is 19.5. The molecule has 0 aromatic heterocycles. The number of fused-ring (bicyclic) bond motifs is 1. The molecular weight excluding hydrogens is 366 g/mol. The van der Waals surface area contributed by atoms with Crippen LogP contribution in [0.1, 0.15) is 45.5 Å². The van der Waals surface area contributed by atoms with Crippen LogP contribution in [0.25, 0.3) is 0 Å². The van der Waals surface area contributed by atoms with Gasteiger partial charge in [-0.25, -0.2) is 0 Å². The Morgan fingerprint density at radius 1 is 1.10 bits per heavy atom. The normalized spacial score (nSPS) is 16.2. The van der Waals surface area contributed by atoms with E-state index in [0.717, 1.165) is 43.1 Å². The van der Waals surface area contributed by atoms with Crippen LogP contribution in [0.4, 0.5) is 5.69 Å². The van der Waals surface area contributed by atoms with E-state index in [2.05, 4.69) is 10.2 Å². The van der Waals surface area contributed by atoms with Crippen molar-refractivity contribution in [3.05, 3.63) is 59.2 Å². The summed E-state index contributed by atoms with van der Waals surface area (Å²) in [6.45, 7) is 4.43. The molecule has 1 fully saturated rings. The number of likely N-dealkylation sites (tertiary alicyclic amines) is 1. The van der Waals surface area contributed by atoms with Crippen LogP contribution in [0.5, 0.6) is 5.75 Å². The van der Waals surface area contributed by atoms with Crippen LogP contribution in [0, 0.1) is 0 Å². The molecule has 6 nitrogen and oxygen atoms in total. The Bertz CT molecular complexity index is 889. The zero-order valence-corrected chi connectivity index (χ0v) is 16.8. The number of carbonyl (C=O) groups excluding carboxylic acids is 2. The first-order valence-electron chi connectivity index (χ1n) is 10.3. The smallest absolute Gasteiger partial charge is 0.259 e. The quantitative estimate of drug-likeness (QED) is 0.735. The highest BCUT2D eigenvalue weighted by Gasteiger charge is 2.32. The average molecular weight is 393 g/mol. The average Bonchev–Trinajstić information content (AvgIpc) is 3.39. The number of nitrogens with one attached hydrogen (secondary N) is 1. The third-order valence-corrected chi connectivity index (χ3v) is 5.70. The molecule has 2 heterocycles. The molecule has 2 aliphatic rings. The van der Waals surface area contributed by atoms with Crippen LogP contribution >= 0.6 is 0 Å². The van der Waals surface area contributed by atoms with Crippen LogP contribution in [0.15, 0.2) is 42.5 Å². The summed E-state index contributed by atoms with van der Waals surface area (Å²) >= 11 is 0. The van der Waals surface area contributed by atoms with Gasteiger partial charge in [-0.1, -0.05) is 12.1 Å². The Morgan fingerprint density at radius 2 is 1.86 bits per heavy atom. The van der Waals surface area contributed by atoms with Gasteiger partial charge in [-0.05, 0) is 74.8 Å². The molecule has 1 saturated heterocycles. The molecule has 152 valence electrons. The Balaban J connectivity index is 1.42. The number of amides is 2. The molecule has 29 heavy (non-hydrogen) atoms. The number of ether oxygens (including phenoxy) is 1. The Kier molecular flexibility index (Phi) is 5.81. The molecule has 0 spiro atoms. The molecule has 2 aromatic carbocycles. The van der Waals surface area contributed by atoms with Crippen molar-refractivity contribution in [2.45, 2.75) is 25.8 Å². The molecule has 2 aliphatic heterocycles. The summed E-state index contributed by atoms with van der Waals surface area (Å²) in [5.74, 6) is 0.438. The largest absolute Gasteiger partial charge is 0.497 e. The van der Waals surface area contributed by atoms with Crippen molar-refractivity contribution in [3.63, 3.8) is 0 Å². The molecular formula is C23H27N3O3. The summed E-state index contributed by atoms with van der Waals surface area (Å²) in [5.41, 5.74) is 2.66. The minimum Gasteiger partial charge on any atom is -0.497 e. The van der Waals surface area contributed by atoms with E-state index in [0.29, 0.717) is 24.2 Å². The minimum atomic E-state index is -0.173. The van der Waals surface area contributed by atoms with Gasteiger partial charge < -0.3 is 19.9 Å². The lowest BCUT2D eigenvalue weighted by molar-refractivity contribution is 0.0935. The molecule has 4 rings (SSSR count). The number of anilines is 1. The molecule has 6 heteroatoms. The third-order valence-electron chi connectivity index (χ3n) is 5.70. The highest BCUT2D eigenvalue weighted by molar-refractivity contribution is 6.16. The molecule has 2 aromatic rings. The number of methoxy groups -OCH3 is 1. The van der Waals surface area contributed by atoms with Gasteiger partial charge in [0.1, 0.15) is 5.75 Å². The minimum absolute atomic E-state index is 0.131. The van der Waals surface area contributed by atoms with Gasteiger partial charge in [-0.2, -0.15) is 0 Å². The van der Waals surface area contributed by atoms with Crippen LogP contribution in [0.3, 0.4) is 0 Å². The SMILES string of the molecule is COc1ccc(N2Cc3cccc(C(=O)NCCCN4CCCC4)c3C2=O)cc1. The highest BCUT2D eigenvalue weighted by atomic mass is 16.5. The monoisotopic (exact) mass is 393 g/mol. The predicted molar refractivity (Wildman–Crippen MR) is 113 cm³/mol. The number of carbonyl (C=O) groups is 2. The molecule has 0 bridgehead atoms. The van der Waals surface area contributed by atoms with E-state index in [1.807, 2.05) is 36.4 Å². The maximum Gasteiger partial charge on any atom is 0.259 e. The molecule has 0 unspecified atom stereocenters. The first-order valence-corrected chi connectivity index (χ1v) is 10.3. The summed E-state index contributed by atoms with van der Waals surface area (Å²) in [6, 6.07) is 12.9. The molecule has 0 aliphatic carbocycles. The number of hydrogen-bond acceptors (Lipinski definition) is 4. The van der Waals surface area contributed by atoms with Crippen molar-refractivity contribution >= 4 is 17.5 Å². The lowest BCUT2D eigenvalue weighted by Gasteiger charge is -2.16. The van der Waals surface area contributed by atoms with Crippen molar-refractivity contribution in [2.75, 3.05) is 38.2 Å². The zero-order valence-electron chi connectivity index (χ0n) is 16.8. The van der Waals surface area contributed by atoms with Crippen molar-refractivity contribution < 1.29 is 14.3 Å². The van der Waals surface area contributed by atoms with Gasteiger partial charge in [0.05, 0.1) is 24.8 Å². The summed E-state index contributed by atoms with van der Waals surface area (Å²) in [5, 5.41) is 2.99. The van der Waals surface area contributed by atoms with Gasteiger partial charge in [0, 0.05) is 12.2 Å². The van der Waals surface area contributed by atoms with Crippen LogP contribution in [0.2, 0.25) is 0 Å². The van der Waals surface area contributed by atoms with Gasteiger partial charge >= 0.3 is 0 Å². The number of benzene rings is 2. The summed E-state index contributed by atoms with van der Waals surface area (Å²) in [7, 11) is 1.61. The van der Waals surface area contributed by atoms with Crippen LogP contribution in [-0.2, 0) is 6.54 Å². The lowest BCUT2D eigenvalue weighted by Crippen LogP contribution is -2.30. The molecule has 2 amide bonds.